The van der Waals surface area contributed by atoms with Crippen molar-refractivity contribution >= 4 is 5.96 Å². The van der Waals surface area contributed by atoms with Crippen LogP contribution in [0.25, 0.3) is 0 Å². The van der Waals surface area contributed by atoms with Crippen molar-refractivity contribution < 1.29 is 18.6 Å². The van der Waals surface area contributed by atoms with Gasteiger partial charge in [-0.1, -0.05) is 13.0 Å². The van der Waals surface area contributed by atoms with Crippen molar-refractivity contribution in [3.8, 4) is 0 Å². The van der Waals surface area contributed by atoms with E-state index in [4.69, 9.17) is 4.74 Å². The van der Waals surface area contributed by atoms with E-state index in [1.54, 1.807) is 6.92 Å². The van der Waals surface area contributed by atoms with Crippen LogP contribution in [0, 0.1) is 11.6 Å². The highest BCUT2D eigenvalue weighted by atomic mass is 19.1. The average molecular weight is 398 g/mol. The van der Waals surface area contributed by atoms with Crippen molar-refractivity contribution in [3.63, 3.8) is 0 Å². The first-order valence-electron chi connectivity index (χ1n) is 9.80. The van der Waals surface area contributed by atoms with Crippen LogP contribution in [0.4, 0.5) is 8.78 Å². The third-order valence-corrected chi connectivity index (χ3v) is 4.66. The maximum atomic E-state index is 13.9. The van der Waals surface area contributed by atoms with E-state index >= 15 is 0 Å². The van der Waals surface area contributed by atoms with Gasteiger partial charge in [0.15, 0.2) is 5.96 Å². The van der Waals surface area contributed by atoms with Crippen LogP contribution in [0.2, 0.25) is 0 Å². The SMILES string of the molecule is CCNC(=NCC(C)(O)CN1CCOCC1)NCC(C)c1ccc(F)cc1F. The van der Waals surface area contributed by atoms with Gasteiger partial charge in [-0.25, -0.2) is 8.78 Å². The van der Waals surface area contributed by atoms with Gasteiger partial charge >= 0.3 is 0 Å². The van der Waals surface area contributed by atoms with Gasteiger partial charge < -0.3 is 20.5 Å². The molecule has 1 aliphatic heterocycles. The van der Waals surface area contributed by atoms with Crippen LogP contribution in [0.3, 0.4) is 0 Å². The number of aliphatic hydroxyl groups is 1. The number of nitrogens with zero attached hydrogens (tertiary/aromatic N) is 2. The molecule has 1 aliphatic rings. The third-order valence-electron chi connectivity index (χ3n) is 4.66. The maximum Gasteiger partial charge on any atom is 0.191 e. The Kier molecular flexibility index (Phi) is 8.59. The van der Waals surface area contributed by atoms with E-state index in [0.29, 0.717) is 44.4 Å². The number of aliphatic imine (C=N–C) groups is 1. The molecule has 1 heterocycles. The number of rotatable bonds is 8. The lowest BCUT2D eigenvalue weighted by Gasteiger charge is -2.33. The summed E-state index contributed by atoms with van der Waals surface area (Å²) in [6, 6.07) is 3.62. The van der Waals surface area contributed by atoms with Crippen molar-refractivity contribution in [3.05, 3.63) is 35.4 Å². The second kappa shape index (κ2) is 10.7. The van der Waals surface area contributed by atoms with E-state index < -0.39 is 17.2 Å². The molecule has 0 bridgehead atoms. The lowest BCUT2D eigenvalue weighted by molar-refractivity contribution is -0.0179. The highest BCUT2D eigenvalue weighted by molar-refractivity contribution is 5.79. The highest BCUT2D eigenvalue weighted by Crippen LogP contribution is 2.19. The van der Waals surface area contributed by atoms with E-state index in [-0.39, 0.29) is 12.5 Å². The van der Waals surface area contributed by atoms with Gasteiger partial charge in [-0.3, -0.25) is 9.89 Å². The predicted molar refractivity (Wildman–Crippen MR) is 107 cm³/mol. The Balaban J connectivity index is 1.91. The lowest BCUT2D eigenvalue weighted by atomic mass is 10.0. The largest absolute Gasteiger partial charge is 0.387 e. The van der Waals surface area contributed by atoms with Crippen LogP contribution < -0.4 is 10.6 Å². The number of hydrogen-bond donors (Lipinski definition) is 3. The Hall–Kier alpha value is -1.77. The molecule has 28 heavy (non-hydrogen) atoms. The van der Waals surface area contributed by atoms with Crippen LogP contribution in [-0.2, 0) is 4.74 Å². The fourth-order valence-electron chi connectivity index (χ4n) is 3.14. The lowest BCUT2D eigenvalue weighted by Crippen LogP contribution is -2.48. The number of ether oxygens (including phenoxy) is 1. The molecule has 0 saturated carbocycles. The zero-order valence-electron chi connectivity index (χ0n) is 17.0. The fraction of sp³-hybridized carbons (Fsp3) is 0.650. The smallest absolute Gasteiger partial charge is 0.191 e. The zero-order chi connectivity index (χ0) is 20.6. The second-order valence-corrected chi connectivity index (χ2v) is 7.53. The standard InChI is InChI=1S/C20H32F2N4O2/c1-4-23-19(24-12-15(2)17-6-5-16(21)11-18(17)22)25-13-20(3,27)14-26-7-9-28-10-8-26/h5-6,11,15,27H,4,7-10,12-14H2,1-3H3,(H2,23,24,25). The molecular weight excluding hydrogens is 366 g/mol. The van der Waals surface area contributed by atoms with E-state index in [1.165, 1.54) is 12.1 Å². The first-order valence-corrected chi connectivity index (χ1v) is 9.80. The Morgan fingerprint density at radius 1 is 1.32 bits per heavy atom. The first-order chi connectivity index (χ1) is 13.3. The summed E-state index contributed by atoms with van der Waals surface area (Å²) in [4.78, 5) is 6.65. The summed E-state index contributed by atoms with van der Waals surface area (Å²) in [5.74, 6) is -0.749. The molecule has 1 fully saturated rings. The van der Waals surface area contributed by atoms with E-state index in [0.717, 1.165) is 19.2 Å². The van der Waals surface area contributed by atoms with Crippen molar-refractivity contribution in [1.82, 2.24) is 15.5 Å². The molecule has 6 nitrogen and oxygen atoms in total. The second-order valence-electron chi connectivity index (χ2n) is 7.53. The summed E-state index contributed by atoms with van der Waals surface area (Å²) in [7, 11) is 0. The summed E-state index contributed by atoms with van der Waals surface area (Å²) < 4.78 is 32.4. The molecule has 2 unspecified atom stereocenters. The summed E-state index contributed by atoms with van der Waals surface area (Å²) in [6.45, 7) is 10.4. The molecule has 0 amide bonds. The van der Waals surface area contributed by atoms with E-state index in [9.17, 15) is 13.9 Å². The van der Waals surface area contributed by atoms with Crippen LogP contribution in [0.5, 0.6) is 0 Å². The first kappa shape index (κ1) is 22.5. The van der Waals surface area contributed by atoms with Crippen molar-refractivity contribution in [2.75, 3.05) is 52.5 Å². The van der Waals surface area contributed by atoms with Gasteiger partial charge in [0.1, 0.15) is 11.6 Å². The third kappa shape index (κ3) is 7.33. The molecule has 3 N–H and O–H groups in total. The van der Waals surface area contributed by atoms with Gasteiger partial charge in [0.2, 0.25) is 0 Å². The Bertz CT molecular complexity index is 649. The normalized spacial score (nSPS) is 19.1. The van der Waals surface area contributed by atoms with E-state index in [2.05, 4.69) is 20.5 Å². The van der Waals surface area contributed by atoms with Gasteiger partial charge in [-0.15, -0.1) is 0 Å². The van der Waals surface area contributed by atoms with Crippen molar-refractivity contribution in [1.29, 1.82) is 0 Å². The number of β-amino-alcohol motifs (C(OH)–C–C–N with tert-alkyl or cyclic N) is 1. The molecule has 158 valence electrons. The molecule has 1 saturated heterocycles. The van der Waals surface area contributed by atoms with Crippen LogP contribution >= 0.6 is 0 Å². The van der Waals surface area contributed by atoms with Gasteiger partial charge in [0.25, 0.3) is 0 Å². The molecule has 0 spiro atoms. The Morgan fingerprint density at radius 3 is 2.68 bits per heavy atom. The topological polar surface area (TPSA) is 69.1 Å². The van der Waals surface area contributed by atoms with Gasteiger partial charge in [-0.2, -0.15) is 0 Å². The highest BCUT2D eigenvalue weighted by Gasteiger charge is 2.25. The van der Waals surface area contributed by atoms with E-state index in [1.807, 2.05) is 13.8 Å². The molecule has 0 aliphatic carbocycles. The fourth-order valence-corrected chi connectivity index (χ4v) is 3.14. The number of guanidine groups is 1. The minimum Gasteiger partial charge on any atom is -0.387 e. The number of nitrogens with one attached hydrogen (secondary N) is 2. The summed E-state index contributed by atoms with van der Waals surface area (Å²) in [5, 5.41) is 17.0. The average Bonchev–Trinajstić information content (AvgIpc) is 2.64. The van der Waals surface area contributed by atoms with Gasteiger partial charge in [0, 0.05) is 44.7 Å². The monoisotopic (exact) mass is 398 g/mol. The molecule has 1 aromatic rings. The summed E-state index contributed by atoms with van der Waals surface area (Å²) in [5.41, 5.74) is -0.516. The summed E-state index contributed by atoms with van der Waals surface area (Å²) >= 11 is 0. The molecule has 2 rings (SSSR count). The quantitative estimate of drug-likeness (QED) is 0.459. The molecule has 8 heteroatoms. The van der Waals surface area contributed by atoms with Crippen LogP contribution in [0.1, 0.15) is 32.3 Å². The molecular formula is C20H32F2N4O2. The molecule has 2 atom stereocenters. The molecule has 1 aromatic carbocycles. The predicted octanol–water partition coefficient (Wildman–Crippen LogP) is 1.71. The number of benzene rings is 1. The van der Waals surface area contributed by atoms with Crippen LogP contribution in [-0.4, -0.2) is 74.0 Å². The number of hydrogen-bond acceptors (Lipinski definition) is 4. The zero-order valence-corrected chi connectivity index (χ0v) is 17.0. The summed E-state index contributed by atoms with van der Waals surface area (Å²) in [6.07, 6.45) is 0. The Labute approximate surface area is 166 Å². The maximum absolute atomic E-state index is 13.9. The minimum atomic E-state index is -0.964. The van der Waals surface area contributed by atoms with Gasteiger partial charge in [0.05, 0.1) is 25.4 Å². The number of halogens is 2. The number of morpholine rings is 1. The Morgan fingerprint density at radius 2 is 2.04 bits per heavy atom. The minimum absolute atomic E-state index is 0.168. The molecule has 0 radical (unpaired) electrons. The van der Waals surface area contributed by atoms with Crippen LogP contribution in [0.15, 0.2) is 23.2 Å². The van der Waals surface area contributed by atoms with Crippen molar-refractivity contribution in [2.45, 2.75) is 32.3 Å². The van der Waals surface area contributed by atoms with Crippen molar-refractivity contribution in [2.24, 2.45) is 4.99 Å². The molecule has 0 aromatic heterocycles. The van der Waals surface area contributed by atoms with Gasteiger partial charge in [-0.05, 0) is 25.5 Å².